The Hall–Kier alpha value is -3.67. The normalized spacial score (nSPS) is 10.2. The average molecular weight is 375 g/mol. The third-order valence-corrected chi connectivity index (χ3v) is 4.37. The number of pyridine rings is 1. The van der Waals surface area contributed by atoms with Crippen molar-refractivity contribution >= 4 is 29.1 Å². The van der Waals surface area contributed by atoms with E-state index in [1.54, 1.807) is 42.6 Å². The van der Waals surface area contributed by atoms with Crippen molar-refractivity contribution in [2.75, 3.05) is 17.7 Å². The van der Waals surface area contributed by atoms with E-state index in [9.17, 15) is 9.59 Å². The third-order valence-electron chi connectivity index (χ3n) is 4.37. The smallest absolute Gasteiger partial charge is 0.337 e. The Morgan fingerprint density at radius 2 is 1.57 bits per heavy atom. The molecule has 0 spiro atoms. The van der Waals surface area contributed by atoms with Crippen LogP contribution >= 0.6 is 0 Å². The van der Waals surface area contributed by atoms with Gasteiger partial charge in [0.2, 0.25) is 0 Å². The van der Waals surface area contributed by atoms with Gasteiger partial charge in [-0.15, -0.1) is 0 Å². The van der Waals surface area contributed by atoms with E-state index in [4.69, 9.17) is 0 Å². The summed E-state index contributed by atoms with van der Waals surface area (Å²) in [7, 11) is 1.32. The molecule has 0 atom stereocenters. The van der Waals surface area contributed by atoms with Crippen LogP contribution in [0.3, 0.4) is 0 Å². The predicted molar refractivity (Wildman–Crippen MR) is 109 cm³/mol. The molecule has 3 aromatic rings. The van der Waals surface area contributed by atoms with E-state index < -0.39 is 5.97 Å². The molecule has 6 heteroatoms. The number of rotatable bonds is 5. The highest BCUT2D eigenvalue weighted by Crippen LogP contribution is 2.19. The number of hydrogen-bond donors (Lipinski definition) is 2. The van der Waals surface area contributed by atoms with Crippen LogP contribution in [0, 0.1) is 13.8 Å². The summed E-state index contributed by atoms with van der Waals surface area (Å²) < 4.78 is 4.66. The highest BCUT2D eigenvalue weighted by Gasteiger charge is 2.09. The predicted octanol–water partition coefficient (Wildman–Crippen LogP) is 4.48. The van der Waals surface area contributed by atoms with E-state index >= 15 is 0 Å². The van der Waals surface area contributed by atoms with E-state index in [-0.39, 0.29) is 5.91 Å². The number of nitrogens with one attached hydrogen (secondary N) is 2. The second kappa shape index (κ2) is 8.35. The molecule has 3 rings (SSSR count). The second-order valence-corrected chi connectivity index (χ2v) is 6.38. The van der Waals surface area contributed by atoms with Crippen molar-refractivity contribution in [3.8, 4) is 0 Å². The fraction of sp³-hybridized carbons (Fsp3) is 0.136. The summed E-state index contributed by atoms with van der Waals surface area (Å²) >= 11 is 0. The van der Waals surface area contributed by atoms with Crippen molar-refractivity contribution in [2.24, 2.45) is 0 Å². The zero-order valence-electron chi connectivity index (χ0n) is 15.9. The molecule has 0 bridgehead atoms. The van der Waals surface area contributed by atoms with Crippen LogP contribution in [-0.2, 0) is 4.74 Å². The molecule has 1 aromatic heterocycles. The maximum absolute atomic E-state index is 12.5. The third kappa shape index (κ3) is 4.54. The molecular formula is C22H21N3O3. The van der Waals surface area contributed by atoms with Gasteiger partial charge in [0.15, 0.2) is 0 Å². The summed E-state index contributed by atoms with van der Waals surface area (Å²) in [5.74, 6) is -0.109. The molecule has 0 unspecified atom stereocenters. The van der Waals surface area contributed by atoms with E-state index in [0.29, 0.717) is 22.6 Å². The lowest BCUT2D eigenvalue weighted by atomic mass is 10.1. The number of hydrogen-bond acceptors (Lipinski definition) is 5. The Kier molecular flexibility index (Phi) is 5.69. The summed E-state index contributed by atoms with van der Waals surface area (Å²) in [5, 5.41) is 6.02. The number of aryl methyl sites for hydroxylation is 2. The minimum atomic E-state index is -0.422. The lowest BCUT2D eigenvalue weighted by Crippen LogP contribution is -2.12. The fourth-order valence-electron chi connectivity index (χ4n) is 2.62. The van der Waals surface area contributed by atoms with E-state index in [1.165, 1.54) is 18.2 Å². The van der Waals surface area contributed by atoms with Crippen molar-refractivity contribution in [1.82, 2.24) is 4.98 Å². The maximum Gasteiger partial charge on any atom is 0.337 e. The topological polar surface area (TPSA) is 80.3 Å². The number of methoxy groups -OCH3 is 1. The summed E-state index contributed by atoms with van der Waals surface area (Å²) in [6.07, 6.45) is 1.58. The van der Waals surface area contributed by atoms with Crippen LogP contribution in [0.4, 0.5) is 17.2 Å². The van der Waals surface area contributed by atoms with Gasteiger partial charge in [-0.3, -0.25) is 4.79 Å². The summed E-state index contributed by atoms with van der Waals surface area (Å²) in [4.78, 5) is 28.3. The lowest BCUT2D eigenvalue weighted by Gasteiger charge is -2.10. The maximum atomic E-state index is 12.5. The number of carbonyl (C=O) groups excluding carboxylic acids is 2. The van der Waals surface area contributed by atoms with Crippen LogP contribution in [0.15, 0.2) is 60.8 Å². The first kappa shape index (κ1) is 19.1. The van der Waals surface area contributed by atoms with Gasteiger partial charge in [0, 0.05) is 23.1 Å². The molecular weight excluding hydrogens is 354 g/mol. The van der Waals surface area contributed by atoms with E-state index in [0.717, 1.165) is 5.69 Å². The molecule has 2 N–H and O–H groups in total. The van der Waals surface area contributed by atoms with Crippen LogP contribution in [-0.4, -0.2) is 24.0 Å². The van der Waals surface area contributed by atoms with E-state index in [2.05, 4.69) is 27.3 Å². The van der Waals surface area contributed by atoms with Crippen molar-refractivity contribution < 1.29 is 14.3 Å². The molecule has 0 saturated carbocycles. The van der Waals surface area contributed by atoms with Gasteiger partial charge in [-0.2, -0.15) is 0 Å². The van der Waals surface area contributed by atoms with Gasteiger partial charge in [0.1, 0.15) is 5.82 Å². The molecule has 1 amide bonds. The highest BCUT2D eigenvalue weighted by atomic mass is 16.5. The minimum absolute atomic E-state index is 0.267. The molecule has 142 valence electrons. The van der Waals surface area contributed by atoms with E-state index in [1.807, 2.05) is 25.1 Å². The molecule has 2 aromatic carbocycles. The van der Waals surface area contributed by atoms with Crippen LogP contribution < -0.4 is 10.6 Å². The molecule has 0 aliphatic heterocycles. The lowest BCUT2D eigenvalue weighted by molar-refractivity contribution is 0.0600. The number of carbonyl (C=O) groups is 2. The van der Waals surface area contributed by atoms with Crippen molar-refractivity contribution in [3.05, 3.63) is 83.0 Å². The Morgan fingerprint density at radius 3 is 2.25 bits per heavy atom. The van der Waals surface area contributed by atoms with Gasteiger partial charge in [-0.1, -0.05) is 6.07 Å². The van der Waals surface area contributed by atoms with Gasteiger partial charge in [0.25, 0.3) is 5.91 Å². The van der Waals surface area contributed by atoms with Crippen LogP contribution in [0.25, 0.3) is 0 Å². The van der Waals surface area contributed by atoms with Gasteiger partial charge < -0.3 is 15.4 Å². The van der Waals surface area contributed by atoms with Gasteiger partial charge >= 0.3 is 5.97 Å². The highest BCUT2D eigenvalue weighted by molar-refractivity contribution is 6.04. The molecule has 28 heavy (non-hydrogen) atoms. The monoisotopic (exact) mass is 375 g/mol. The molecule has 0 fully saturated rings. The number of ether oxygens (including phenoxy) is 1. The number of aromatic nitrogens is 1. The number of nitrogens with zero attached hydrogens (tertiary/aromatic N) is 1. The zero-order valence-corrected chi connectivity index (χ0v) is 15.9. The summed E-state index contributed by atoms with van der Waals surface area (Å²) in [6.45, 7) is 4.10. The Bertz CT molecular complexity index is 1010. The summed E-state index contributed by atoms with van der Waals surface area (Å²) in [6, 6.07) is 15.9. The fourth-order valence-corrected chi connectivity index (χ4v) is 2.62. The minimum Gasteiger partial charge on any atom is -0.465 e. The molecule has 1 heterocycles. The zero-order chi connectivity index (χ0) is 20.1. The first-order valence-corrected chi connectivity index (χ1v) is 8.76. The average Bonchev–Trinajstić information content (AvgIpc) is 2.71. The Balaban J connectivity index is 1.71. The van der Waals surface area contributed by atoms with Crippen LogP contribution in [0.5, 0.6) is 0 Å². The molecule has 6 nitrogen and oxygen atoms in total. The van der Waals surface area contributed by atoms with Crippen molar-refractivity contribution in [2.45, 2.75) is 13.8 Å². The Labute approximate surface area is 163 Å². The molecule has 0 saturated heterocycles. The number of esters is 1. The molecule has 0 aliphatic rings. The largest absolute Gasteiger partial charge is 0.465 e. The van der Waals surface area contributed by atoms with Crippen molar-refractivity contribution in [3.63, 3.8) is 0 Å². The van der Waals surface area contributed by atoms with Gasteiger partial charge in [-0.05, 0) is 73.5 Å². The standard InChI is InChI=1S/C22H21N3O3/c1-14-4-7-19(12-15(14)2)24-20-13-17(10-11-23-20)21(26)25-18-8-5-16(6-9-18)22(27)28-3/h4-13H,1-3H3,(H,23,24)(H,25,26). The first-order chi connectivity index (χ1) is 13.5. The number of benzene rings is 2. The summed E-state index contributed by atoms with van der Waals surface area (Å²) in [5.41, 5.74) is 4.77. The van der Waals surface area contributed by atoms with Crippen LogP contribution in [0.1, 0.15) is 31.8 Å². The number of amides is 1. The number of anilines is 3. The van der Waals surface area contributed by atoms with Gasteiger partial charge in [-0.25, -0.2) is 9.78 Å². The Morgan fingerprint density at radius 1 is 0.857 bits per heavy atom. The first-order valence-electron chi connectivity index (χ1n) is 8.76. The van der Waals surface area contributed by atoms with Crippen LogP contribution in [0.2, 0.25) is 0 Å². The van der Waals surface area contributed by atoms with Gasteiger partial charge in [0.05, 0.1) is 12.7 Å². The molecule has 0 aliphatic carbocycles. The quantitative estimate of drug-likeness (QED) is 0.643. The SMILES string of the molecule is COC(=O)c1ccc(NC(=O)c2ccnc(Nc3ccc(C)c(C)c3)c2)cc1. The second-order valence-electron chi connectivity index (χ2n) is 6.38. The van der Waals surface area contributed by atoms with Crippen molar-refractivity contribution in [1.29, 1.82) is 0 Å². The molecule has 0 radical (unpaired) electrons.